The standard InChI is InChI=1S/C74H130O6/c1-4-7-10-13-16-19-22-24-26-28-30-32-34-36-37-39-40-42-44-46-48-50-52-55-58-61-64-67-73(76)79-70-71(69-78-72(75)66-63-60-57-54-21-18-15-12-9-6-3)80-74(77)68-65-62-59-56-53-51-49-47-45-43-41-38-35-33-31-29-27-25-23-20-17-14-11-8-5-2/h7,10,16,19,24,26,29-32,36-37,40,42,71H,4-6,8-9,11-15,17-18,20-23,25,27-28,33-35,38-39,41,43-70H2,1-3H3/b10-7-,19-16-,26-24-,31-29-,32-30-,37-36-,42-40-. The predicted molar refractivity (Wildman–Crippen MR) is 348 cm³/mol. The van der Waals surface area contributed by atoms with Gasteiger partial charge < -0.3 is 14.2 Å². The van der Waals surface area contributed by atoms with E-state index in [1.165, 1.54) is 205 Å². The van der Waals surface area contributed by atoms with E-state index >= 15 is 0 Å². The molecule has 0 aromatic heterocycles. The molecule has 0 rings (SSSR count). The first-order valence-electron chi connectivity index (χ1n) is 34.6. The minimum atomic E-state index is -0.779. The fourth-order valence-electron chi connectivity index (χ4n) is 9.97. The Balaban J connectivity index is 4.22. The summed E-state index contributed by atoms with van der Waals surface area (Å²) < 4.78 is 16.9. The molecule has 0 radical (unpaired) electrons. The number of allylic oxidation sites excluding steroid dienone is 14. The van der Waals surface area contributed by atoms with Crippen LogP contribution in [0.4, 0.5) is 0 Å². The van der Waals surface area contributed by atoms with Crippen molar-refractivity contribution in [2.24, 2.45) is 0 Å². The maximum atomic E-state index is 12.9. The molecule has 0 aliphatic rings. The molecule has 0 fully saturated rings. The van der Waals surface area contributed by atoms with Crippen LogP contribution in [0, 0.1) is 0 Å². The average Bonchev–Trinajstić information content (AvgIpc) is 3.46. The Hall–Kier alpha value is -3.41. The van der Waals surface area contributed by atoms with Gasteiger partial charge in [0.25, 0.3) is 0 Å². The maximum Gasteiger partial charge on any atom is 0.306 e. The molecule has 0 amide bonds. The average molecular weight is 1120 g/mol. The molecule has 0 bridgehead atoms. The van der Waals surface area contributed by atoms with Crippen LogP contribution in [0.15, 0.2) is 85.1 Å². The van der Waals surface area contributed by atoms with Gasteiger partial charge in [0.2, 0.25) is 0 Å². The van der Waals surface area contributed by atoms with Crippen molar-refractivity contribution in [3.63, 3.8) is 0 Å². The lowest BCUT2D eigenvalue weighted by Gasteiger charge is -2.18. The number of rotatable bonds is 63. The zero-order valence-corrected chi connectivity index (χ0v) is 53.1. The van der Waals surface area contributed by atoms with Gasteiger partial charge in [0.1, 0.15) is 13.2 Å². The van der Waals surface area contributed by atoms with E-state index in [2.05, 4.69) is 106 Å². The molecule has 0 N–H and O–H groups in total. The SMILES string of the molecule is CC/C=C\C/C=C\C/C=C\C/C=C\C/C=C\C/C=C\CCCCCCCCCCC(=O)OCC(COC(=O)CCCCCCCCCCCC)OC(=O)CCCCCCCCCCCCCCC/C=C\CCCCCCCCCC. The second-order valence-corrected chi connectivity index (χ2v) is 23.1. The van der Waals surface area contributed by atoms with Crippen LogP contribution in [0.5, 0.6) is 0 Å². The number of ether oxygens (including phenoxy) is 3. The third-order valence-corrected chi connectivity index (χ3v) is 15.1. The van der Waals surface area contributed by atoms with Crippen molar-refractivity contribution >= 4 is 17.9 Å². The molecule has 1 unspecified atom stereocenters. The summed E-state index contributed by atoms with van der Waals surface area (Å²) in [5.74, 6) is -0.869. The molecule has 0 aromatic carbocycles. The summed E-state index contributed by atoms with van der Waals surface area (Å²) in [4.78, 5) is 38.3. The van der Waals surface area contributed by atoms with Gasteiger partial charge in [-0.05, 0) is 96.3 Å². The second kappa shape index (κ2) is 68.1. The minimum Gasteiger partial charge on any atom is -0.462 e. The maximum absolute atomic E-state index is 12.9. The van der Waals surface area contributed by atoms with Crippen molar-refractivity contribution in [3.8, 4) is 0 Å². The molecule has 0 saturated carbocycles. The molecule has 0 heterocycles. The molecule has 6 heteroatoms. The second-order valence-electron chi connectivity index (χ2n) is 23.1. The minimum absolute atomic E-state index is 0.0753. The van der Waals surface area contributed by atoms with Crippen molar-refractivity contribution in [3.05, 3.63) is 85.1 Å². The summed E-state index contributed by atoms with van der Waals surface area (Å²) in [5.41, 5.74) is 0. The molecule has 0 spiro atoms. The summed E-state index contributed by atoms with van der Waals surface area (Å²) in [6.45, 7) is 6.55. The topological polar surface area (TPSA) is 78.9 Å². The highest BCUT2D eigenvalue weighted by molar-refractivity contribution is 5.71. The van der Waals surface area contributed by atoms with Gasteiger partial charge in [-0.15, -0.1) is 0 Å². The Morgan fingerprint density at radius 1 is 0.263 bits per heavy atom. The van der Waals surface area contributed by atoms with Crippen LogP contribution >= 0.6 is 0 Å². The summed E-state index contributed by atoms with van der Waals surface area (Å²) in [5, 5.41) is 0. The monoisotopic (exact) mass is 1110 g/mol. The molecule has 462 valence electrons. The molecule has 0 aromatic rings. The van der Waals surface area contributed by atoms with E-state index < -0.39 is 6.10 Å². The number of carbonyl (C=O) groups excluding carboxylic acids is 3. The first kappa shape index (κ1) is 76.6. The van der Waals surface area contributed by atoms with E-state index in [-0.39, 0.29) is 31.1 Å². The molecule has 6 nitrogen and oxygen atoms in total. The Morgan fingerprint density at radius 2 is 0.487 bits per heavy atom. The number of unbranched alkanes of at least 4 members (excludes halogenated alkanes) is 38. The summed E-state index contributed by atoms with van der Waals surface area (Å²) in [6.07, 6.45) is 90.4. The van der Waals surface area contributed by atoms with Crippen molar-refractivity contribution in [2.45, 2.75) is 354 Å². The lowest BCUT2D eigenvalue weighted by molar-refractivity contribution is -0.167. The van der Waals surface area contributed by atoms with E-state index in [9.17, 15) is 14.4 Å². The highest BCUT2D eigenvalue weighted by Gasteiger charge is 2.19. The zero-order valence-electron chi connectivity index (χ0n) is 53.1. The quantitative estimate of drug-likeness (QED) is 0.0261. The van der Waals surface area contributed by atoms with Crippen LogP contribution in [-0.2, 0) is 28.6 Å². The van der Waals surface area contributed by atoms with Crippen LogP contribution in [0.1, 0.15) is 348 Å². The van der Waals surface area contributed by atoms with Crippen LogP contribution in [0.25, 0.3) is 0 Å². The highest BCUT2D eigenvalue weighted by Crippen LogP contribution is 2.17. The van der Waals surface area contributed by atoms with Gasteiger partial charge in [0.15, 0.2) is 6.10 Å². The number of hydrogen-bond acceptors (Lipinski definition) is 6. The van der Waals surface area contributed by atoms with E-state index in [1.807, 2.05) is 0 Å². The van der Waals surface area contributed by atoms with Gasteiger partial charge in [-0.2, -0.15) is 0 Å². The molecule has 0 saturated heterocycles. The van der Waals surface area contributed by atoms with E-state index in [0.717, 1.165) is 103 Å². The fraction of sp³-hybridized carbons (Fsp3) is 0.770. The van der Waals surface area contributed by atoms with Crippen molar-refractivity contribution in [1.29, 1.82) is 0 Å². The van der Waals surface area contributed by atoms with Crippen LogP contribution in [-0.4, -0.2) is 37.2 Å². The van der Waals surface area contributed by atoms with Gasteiger partial charge in [-0.1, -0.05) is 318 Å². The zero-order chi connectivity index (χ0) is 57.8. The van der Waals surface area contributed by atoms with Gasteiger partial charge >= 0.3 is 17.9 Å². The highest BCUT2D eigenvalue weighted by atomic mass is 16.6. The molecule has 0 aliphatic heterocycles. The van der Waals surface area contributed by atoms with Crippen molar-refractivity contribution in [1.82, 2.24) is 0 Å². The first-order valence-corrected chi connectivity index (χ1v) is 34.6. The first-order chi connectivity index (χ1) is 39.5. The normalized spacial score (nSPS) is 12.6. The Labute approximate surface area is 496 Å². The Kier molecular flexibility index (Phi) is 65.2. The Bertz CT molecular complexity index is 1520. The van der Waals surface area contributed by atoms with E-state index in [0.29, 0.717) is 19.3 Å². The smallest absolute Gasteiger partial charge is 0.306 e. The predicted octanol–water partition coefficient (Wildman–Crippen LogP) is 23.8. The van der Waals surface area contributed by atoms with E-state index in [4.69, 9.17) is 14.2 Å². The molecular formula is C74H130O6. The number of hydrogen-bond donors (Lipinski definition) is 0. The third kappa shape index (κ3) is 65.4. The lowest BCUT2D eigenvalue weighted by Crippen LogP contribution is -2.30. The molecule has 80 heavy (non-hydrogen) atoms. The molecular weight excluding hydrogens is 985 g/mol. The number of esters is 3. The van der Waals surface area contributed by atoms with E-state index in [1.54, 1.807) is 0 Å². The number of carbonyl (C=O) groups is 3. The van der Waals surface area contributed by atoms with Gasteiger partial charge in [0.05, 0.1) is 0 Å². The van der Waals surface area contributed by atoms with Gasteiger partial charge in [-0.3, -0.25) is 14.4 Å². The lowest BCUT2D eigenvalue weighted by atomic mass is 10.0. The van der Waals surface area contributed by atoms with Crippen LogP contribution in [0.3, 0.4) is 0 Å². The summed E-state index contributed by atoms with van der Waals surface area (Å²) in [6, 6.07) is 0. The van der Waals surface area contributed by atoms with Gasteiger partial charge in [-0.25, -0.2) is 0 Å². The molecule has 0 aliphatic carbocycles. The fourth-order valence-corrected chi connectivity index (χ4v) is 9.97. The van der Waals surface area contributed by atoms with Crippen LogP contribution < -0.4 is 0 Å². The summed E-state index contributed by atoms with van der Waals surface area (Å²) in [7, 11) is 0. The molecule has 1 atom stereocenters. The van der Waals surface area contributed by atoms with Crippen molar-refractivity contribution < 1.29 is 28.6 Å². The Morgan fingerprint density at radius 3 is 0.775 bits per heavy atom. The van der Waals surface area contributed by atoms with Crippen LogP contribution in [0.2, 0.25) is 0 Å². The third-order valence-electron chi connectivity index (χ3n) is 15.1. The van der Waals surface area contributed by atoms with Crippen molar-refractivity contribution in [2.75, 3.05) is 13.2 Å². The largest absolute Gasteiger partial charge is 0.462 e. The summed E-state index contributed by atoms with van der Waals surface area (Å²) >= 11 is 0. The van der Waals surface area contributed by atoms with Gasteiger partial charge in [0, 0.05) is 19.3 Å².